The Kier molecular flexibility index (Phi) is 6.77. The number of rotatable bonds is 7. The predicted octanol–water partition coefficient (Wildman–Crippen LogP) is 3.41. The van der Waals surface area contributed by atoms with Gasteiger partial charge in [0.15, 0.2) is 0 Å². The first-order chi connectivity index (χ1) is 10.5. The summed E-state index contributed by atoms with van der Waals surface area (Å²) in [7, 11) is 0. The lowest BCUT2D eigenvalue weighted by atomic mass is 10.1. The summed E-state index contributed by atoms with van der Waals surface area (Å²) in [5.41, 5.74) is 0.835. The molecule has 0 heterocycles. The number of carbonyl (C=O) groups excluding carboxylic acids is 1. The molecule has 0 N–H and O–H groups in total. The van der Waals surface area contributed by atoms with E-state index in [1.54, 1.807) is 18.2 Å². The maximum atomic E-state index is 11.7. The molecule has 0 aromatic heterocycles. The Morgan fingerprint density at radius 1 is 1.45 bits per heavy atom. The number of ether oxygens (including phenoxy) is 1. The van der Waals surface area contributed by atoms with Crippen molar-refractivity contribution in [2.24, 2.45) is 0 Å². The zero-order chi connectivity index (χ0) is 16.5. The van der Waals surface area contributed by atoms with Gasteiger partial charge < -0.3 is 4.74 Å². The van der Waals surface area contributed by atoms with Gasteiger partial charge in [-0.05, 0) is 24.5 Å². The summed E-state index contributed by atoms with van der Waals surface area (Å²) in [6, 6.07) is 6.40. The Morgan fingerprint density at radius 3 is 2.73 bits per heavy atom. The molecule has 0 saturated heterocycles. The van der Waals surface area contributed by atoms with Gasteiger partial charge in [0.2, 0.25) is 0 Å². The van der Waals surface area contributed by atoms with Crippen molar-refractivity contribution < 1.29 is 14.5 Å². The molecule has 0 unspecified atom stereocenters. The van der Waals surface area contributed by atoms with Crippen LogP contribution in [0.25, 0.3) is 6.08 Å². The number of hydrogen-bond donors (Lipinski definition) is 0. The van der Waals surface area contributed by atoms with Gasteiger partial charge in [-0.1, -0.05) is 32.4 Å². The lowest BCUT2D eigenvalue weighted by Gasteiger charge is -2.04. The highest BCUT2D eigenvalue weighted by molar-refractivity contribution is 5.97. The smallest absolute Gasteiger partial charge is 0.348 e. The summed E-state index contributed by atoms with van der Waals surface area (Å²) in [6.45, 7) is 4.04. The van der Waals surface area contributed by atoms with E-state index in [2.05, 4.69) is 0 Å². The maximum Gasteiger partial charge on any atom is 0.348 e. The monoisotopic (exact) mass is 302 g/mol. The molecule has 0 amide bonds. The molecule has 6 nitrogen and oxygen atoms in total. The van der Waals surface area contributed by atoms with Gasteiger partial charge in [0, 0.05) is 11.6 Å². The molecule has 0 aliphatic heterocycles. The van der Waals surface area contributed by atoms with Gasteiger partial charge in [0.05, 0.1) is 11.5 Å². The largest absolute Gasteiger partial charge is 0.462 e. The molecule has 0 radical (unpaired) electrons. The SMILES string of the molecule is CCCCOC(=O)/C(C#N)=C/c1ccc(CC)c([N+](=O)[O-])c1. The van der Waals surface area contributed by atoms with Crippen LogP contribution < -0.4 is 0 Å². The maximum absolute atomic E-state index is 11.7. The van der Waals surface area contributed by atoms with Crippen LogP contribution in [0.15, 0.2) is 23.8 Å². The molecule has 0 aliphatic rings. The van der Waals surface area contributed by atoms with Crippen molar-refractivity contribution in [1.82, 2.24) is 0 Å². The van der Waals surface area contributed by atoms with Crippen molar-refractivity contribution in [2.75, 3.05) is 6.61 Å². The molecule has 0 atom stereocenters. The number of aryl methyl sites for hydroxylation is 1. The predicted molar refractivity (Wildman–Crippen MR) is 81.9 cm³/mol. The fourth-order valence-corrected chi connectivity index (χ4v) is 1.83. The number of carbonyl (C=O) groups is 1. The lowest BCUT2D eigenvalue weighted by molar-refractivity contribution is -0.385. The number of benzene rings is 1. The number of esters is 1. The van der Waals surface area contributed by atoms with Gasteiger partial charge in [0.1, 0.15) is 11.6 Å². The average molecular weight is 302 g/mol. The van der Waals surface area contributed by atoms with Gasteiger partial charge in [-0.25, -0.2) is 4.79 Å². The highest BCUT2D eigenvalue weighted by Crippen LogP contribution is 2.22. The zero-order valence-electron chi connectivity index (χ0n) is 12.7. The highest BCUT2D eigenvalue weighted by atomic mass is 16.6. The minimum atomic E-state index is -0.710. The summed E-state index contributed by atoms with van der Waals surface area (Å²) in [4.78, 5) is 22.3. The number of nitro groups is 1. The minimum Gasteiger partial charge on any atom is -0.462 e. The first-order valence-electron chi connectivity index (χ1n) is 7.09. The Balaban J connectivity index is 3.03. The van der Waals surface area contributed by atoms with E-state index in [0.29, 0.717) is 17.5 Å². The summed E-state index contributed by atoms with van der Waals surface area (Å²) >= 11 is 0. The third-order valence-corrected chi connectivity index (χ3v) is 3.07. The van der Waals surface area contributed by atoms with Crippen molar-refractivity contribution in [3.8, 4) is 6.07 Å². The molecule has 6 heteroatoms. The van der Waals surface area contributed by atoms with E-state index in [1.165, 1.54) is 12.1 Å². The molecular formula is C16H18N2O4. The molecule has 0 aliphatic carbocycles. The van der Waals surface area contributed by atoms with Gasteiger partial charge >= 0.3 is 5.97 Å². The molecule has 0 spiro atoms. The van der Waals surface area contributed by atoms with Crippen LogP contribution in [0, 0.1) is 21.4 Å². The number of nitro benzene ring substituents is 1. The second kappa shape index (κ2) is 8.57. The van der Waals surface area contributed by atoms with Crippen LogP contribution >= 0.6 is 0 Å². The quantitative estimate of drug-likeness (QED) is 0.192. The van der Waals surface area contributed by atoms with Crippen molar-refractivity contribution in [3.63, 3.8) is 0 Å². The van der Waals surface area contributed by atoms with Crippen molar-refractivity contribution in [1.29, 1.82) is 5.26 Å². The highest BCUT2D eigenvalue weighted by Gasteiger charge is 2.15. The molecule has 0 fully saturated rings. The normalized spacial score (nSPS) is 10.9. The minimum absolute atomic E-state index is 0.0205. The fourth-order valence-electron chi connectivity index (χ4n) is 1.83. The van der Waals surface area contributed by atoms with Crippen LogP contribution in [0.4, 0.5) is 5.69 Å². The molecule has 1 rings (SSSR count). The summed E-state index contributed by atoms with van der Waals surface area (Å²) in [6.07, 6.45) is 3.44. The molecular weight excluding hydrogens is 284 g/mol. The van der Waals surface area contributed by atoms with E-state index < -0.39 is 10.9 Å². The van der Waals surface area contributed by atoms with Crippen LogP contribution in [-0.4, -0.2) is 17.5 Å². The number of nitriles is 1. The Hall–Kier alpha value is -2.68. The summed E-state index contributed by atoms with van der Waals surface area (Å²) < 4.78 is 4.97. The van der Waals surface area contributed by atoms with Crippen molar-refractivity contribution >= 4 is 17.7 Å². The first kappa shape index (κ1) is 17.4. The van der Waals surface area contributed by atoms with Gasteiger partial charge in [0.25, 0.3) is 5.69 Å². The molecule has 22 heavy (non-hydrogen) atoms. The Labute approximate surface area is 129 Å². The molecule has 1 aromatic rings. The standard InChI is InChI=1S/C16H18N2O4/c1-3-5-8-22-16(19)14(11-17)9-12-6-7-13(4-2)15(10-12)18(20)21/h6-7,9-10H,3-5,8H2,1-2H3/b14-9+. The number of unbranched alkanes of at least 4 members (excludes halogenated alkanes) is 1. The van der Waals surface area contributed by atoms with E-state index in [9.17, 15) is 14.9 Å². The first-order valence-corrected chi connectivity index (χ1v) is 7.09. The number of hydrogen-bond acceptors (Lipinski definition) is 5. The zero-order valence-corrected chi connectivity index (χ0v) is 12.7. The van der Waals surface area contributed by atoms with Gasteiger partial charge in [-0.15, -0.1) is 0 Å². The van der Waals surface area contributed by atoms with Crippen LogP contribution in [0.2, 0.25) is 0 Å². The van der Waals surface area contributed by atoms with Gasteiger partial charge in [-0.3, -0.25) is 10.1 Å². The van der Waals surface area contributed by atoms with E-state index in [4.69, 9.17) is 10.00 Å². The van der Waals surface area contributed by atoms with E-state index in [0.717, 1.165) is 12.8 Å². The van der Waals surface area contributed by atoms with Crippen LogP contribution in [0.1, 0.15) is 37.8 Å². The second-order valence-corrected chi connectivity index (χ2v) is 4.66. The number of nitrogens with zero attached hydrogens (tertiary/aromatic N) is 2. The fraction of sp³-hybridized carbons (Fsp3) is 0.375. The van der Waals surface area contributed by atoms with Crippen LogP contribution in [0.5, 0.6) is 0 Å². The van der Waals surface area contributed by atoms with E-state index >= 15 is 0 Å². The summed E-state index contributed by atoms with van der Waals surface area (Å²) in [5, 5.41) is 20.1. The second-order valence-electron chi connectivity index (χ2n) is 4.66. The van der Waals surface area contributed by atoms with E-state index in [1.807, 2.05) is 13.8 Å². The molecule has 1 aromatic carbocycles. The third-order valence-electron chi connectivity index (χ3n) is 3.07. The van der Waals surface area contributed by atoms with Crippen LogP contribution in [-0.2, 0) is 16.0 Å². The third kappa shape index (κ3) is 4.70. The van der Waals surface area contributed by atoms with Crippen LogP contribution in [0.3, 0.4) is 0 Å². The molecule has 0 bridgehead atoms. The van der Waals surface area contributed by atoms with Crippen molar-refractivity contribution in [2.45, 2.75) is 33.1 Å². The molecule has 0 saturated carbocycles. The summed E-state index contributed by atoms with van der Waals surface area (Å²) in [5.74, 6) is -0.710. The topological polar surface area (TPSA) is 93.2 Å². The lowest BCUT2D eigenvalue weighted by Crippen LogP contribution is -2.07. The van der Waals surface area contributed by atoms with E-state index in [-0.39, 0.29) is 17.9 Å². The Bertz CT molecular complexity index is 630. The van der Waals surface area contributed by atoms with Crippen molar-refractivity contribution in [3.05, 3.63) is 45.0 Å². The Morgan fingerprint density at radius 2 is 2.18 bits per heavy atom. The van der Waals surface area contributed by atoms with Gasteiger partial charge in [-0.2, -0.15) is 5.26 Å². The average Bonchev–Trinajstić information content (AvgIpc) is 2.52. The molecule has 116 valence electrons.